The molecule has 8 nitrogen and oxygen atoms in total. The number of halogens is 2. The van der Waals surface area contributed by atoms with E-state index in [1.807, 2.05) is 27.0 Å². The highest BCUT2D eigenvalue weighted by molar-refractivity contribution is 7.98. The molecule has 3 aromatic carbocycles. The molecule has 0 unspecified atom stereocenters. The smallest absolute Gasteiger partial charge is 0.264 e. The summed E-state index contributed by atoms with van der Waals surface area (Å²) in [6.45, 7) is 7.05. The van der Waals surface area contributed by atoms with Gasteiger partial charge in [-0.05, 0) is 94.1 Å². The van der Waals surface area contributed by atoms with E-state index in [1.54, 1.807) is 61.5 Å². The van der Waals surface area contributed by atoms with Crippen LogP contribution in [0.1, 0.15) is 39.7 Å². The average Bonchev–Trinajstić information content (AvgIpc) is 2.97. The largest absolute Gasteiger partial charge is 0.494 e. The summed E-state index contributed by atoms with van der Waals surface area (Å²) in [5.41, 5.74) is 0.722. The Hall–Kier alpha value is -2.92. The molecule has 12 heteroatoms. The van der Waals surface area contributed by atoms with Crippen molar-refractivity contribution in [3.8, 4) is 5.75 Å². The summed E-state index contributed by atoms with van der Waals surface area (Å²) in [5, 5.41) is 3.52. The van der Waals surface area contributed by atoms with E-state index in [4.69, 9.17) is 27.9 Å². The van der Waals surface area contributed by atoms with Crippen molar-refractivity contribution < 1.29 is 22.7 Å². The third-order valence-corrected chi connectivity index (χ3v) is 9.81. The fourth-order valence-corrected chi connectivity index (χ4v) is 6.77. The molecule has 1 atom stereocenters. The number of amides is 2. The van der Waals surface area contributed by atoms with Gasteiger partial charge in [-0.3, -0.25) is 13.9 Å². The first-order valence-corrected chi connectivity index (χ1v) is 17.3. The molecule has 43 heavy (non-hydrogen) atoms. The van der Waals surface area contributed by atoms with Gasteiger partial charge in [-0.1, -0.05) is 36.2 Å². The van der Waals surface area contributed by atoms with E-state index < -0.39 is 28.5 Å². The Morgan fingerprint density at radius 2 is 1.56 bits per heavy atom. The number of hydrogen-bond acceptors (Lipinski definition) is 6. The zero-order valence-corrected chi connectivity index (χ0v) is 28.0. The van der Waals surface area contributed by atoms with Gasteiger partial charge in [0.2, 0.25) is 11.8 Å². The number of sulfonamides is 1. The fraction of sp³-hybridized carbons (Fsp3) is 0.355. The van der Waals surface area contributed by atoms with E-state index in [1.165, 1.54) is 28.8 Å². The van der Waals surface area contributed by atoms with Crippen LogP contribution in [0.25, 0.3) is 0 Å². The number of nitrogens with one attached hydrogen (secondary N) is 1. The normalized spacial score (nSPS) is 12.1. The Morgan fingerprint density at radius 1 is 0.953 bits per heavy atom. The van der Waals surface area contributed by atoms with Crippen molar-refractivity contribution >= 4 is 62.5 Å². The molecule has 1 N–H and O–H groups in total. The number of anilines is 1. The van der Waals surface area contributed by atoms with E-state index in [9.17, 15) is 18.0 Å². The summed E-state index contributed by atoms with van der Waals surface area (Å²) < 4.78 is 34.7. The fourth-order valence-electron chi connectivity index (χ4n) is 4.43. The maximum absolute atomic E-state index is 14.2. The van der Waals surface area contributed by atoms with Crippen molar-refractivity contribution in [2.75, 3.05) is 23.7 Å². The van der Waals surface area contributed by atoms with Crippen LogP contribution >= 0.6 is 35.0 Å². The highest BCUT2D eigenvalue weighted by atomic mass is 35.5. The Morgan fingerprint density at radius 3 is 2.07 bits per heavy atom. The number of carbonyl (C=O) groups excluding carboxylic acids is 2. The van der Waals surface area contributed by atoms with Gasteiger partial charge in [-0.25, -0.2) is 8.42 Å². The van der Waals surface area contributed by atoms with Crippen molar-refractivity contribution in [3.05, 3.63) is 82.3 Å². The molecule has 0 aliphatic rings. The van der Waals surface area contributed by atoms with E-state index in [2.05, 4.69) is 5.32 Å². The zero-order valence-electron chi connectivity index (χ0n) is 24.8. The Kier molecular flexibility index (Phi) is 12.6. The summed E-state index contributed by atoms with van der Waals surface area (Å²) in [6.07, 6.45) is 2.17. The summed E-state index contributed by atoms with van der Waals surface area (Å²) in [6, 6.07) is 16.8. The lowest BCUT2D eigenvalue weighted by atomic mass is 10.1. The monoisotopic (exact) mass is 665 g/mol. The molecule has 0 aliphatic heterocycles. The van der Waals surface area contributed by atoms with Crippen molar-refractivity contribution in [2.24, 2.45) is 0 Å². The highest BCUT2D eigenvalue weighted by Crippen LogP contribution is 2.30. The first-order chi connectivity index (χ1) is 20.4. The number of benzene rings is 3. The second-order valence-corrected chi connectivity index (χ2v) is 13.5. The van der Waals surface area contributed by atoms with Gasteiger partial charge in [-0.2, -0.15) is 0 Å². The molecule has 0 saturated heterocycles. The molecule has 0 bridgehead atoms. The van der Waals surface area contributed by atoms with Crippen LogP contribution in [0.2, 0.25) is 10.0 Å². The van der Waals surface area contributed by atoms with Crippen molar-refractivity contribution in [2.45, 2.75) is 62.5 Å². The third-order valence-electron chi connectivity index (χ3n) is 6.57. The Bertz CT molecular complexity index is 1480. The van der Waals surface area contributed by atoms with Crippen LogP contribution in [0.5, 0.6) is 5.75 Å². The van der Waals surface area contributed by atoms with Gasteiger partial charge in [0.1, 0.15) is 18.3 Å². The molecule has 3 rings (SSSR count). The number of rotatable bonds is 14. The minimum absolute atomic E-state index is 0.0253. The summed E-state index contributed by atoms with van der Waals surface area (Å²) >= 11 is 14.4. The predicted octanol–water partition coefficient (Wildman–Crippen LogP) is 6.64. The molecule has 3 aromatic rings. The Balaban J connectivity index is 2.11. The summed E-state index contributed by atoms with van der Waals surface area (Å²) in [7, 11) is -4.21. The summed E-state index contributed by atoms with van der Waals surface area (Å²) in [4.78, 5) is 29.8. The van der Waals surface area contributed by atoms with E-state index in [-0.39, 0.29) is 35.5 Å². The van der Waals surface area contributed by atoms with Crippen LogP contribution in [0.15, 0.2) is 76.5 Å². The quantitative estimate of drug-likeness (QED) is 0.194. The van der Waals surface area contributed by atoms with Gasteiger partial charge >= 0.3 is 0 Å². The van der Waals surface area contributed by atoms with Crippen LogP contribution in [0, 0.1) is 0 Å². The molecule has 0 aliphatic carbocycles. The van der Waals surface area contributed by atoms with Crippen molar-refractivity contribution in [3.63, 3.8) is 0 Å². The van der Waals surface area contributed by atoms with Crippen LogP contribution in [-0.4, -0.2) is 56.6 Å². The van der Waals surface area contributed by atoms with Crippen LogP contribution in [0.4, 0.5) is 5.69 Å². The number of hydrogen-bond donors (Lipinski definition) is 1. The average molecular weight is 667 g/mol. The van der Waals surface area contributed by atoms with Crippen molar-refractivity contribution in [1.29, 1.82) is 0 Å². The van der Waals surface area contributed by atoms with Crippen LogP contribution in [0.3, 0.4) is 0 Å². The lowest BCUT2D eigenvalue weighted by Crippen LogP contribution is -2.53. The SMILES string of the molecule is CCOc1ccc(N(CC(=O)N(Cc2c(Cl)cccc2Cl)[C@@H](CC)C(=O)NC(C)C)S(=O)(=O)c2ccc(SC)cc2)cc1. The molecular weight excluding hydrogens is 629 g/mol. The second-order valence-electron chi connectivity index (χ2n) is 9.92. The maximum Gasteiger partial charge on any atom is 0.264 e. The standard InChI is InChI=1S/C31H37Cl2N3O5S2/c1-6-29(31(38)34-21(3)4)35(19-26-27(32)9-8-10-28(26)33)30(37)20-36(22-11-13-23(14-12-22)41-7-2)43(39,40)25-17-15-24(42-5)16-18-25/h8-18,21,29H,6-7,19-20H2,1-5H3,(H,34,38)/t29-/m0/s1. The molecule has 0 spiro atoms. The number of ether oxygens (including phenoxy) is 1. The first kappa shape index (κ1) is 34.6. The van der Waals surface area contributed by atoms with Crippen LogP contribution in [-0.2, 0) is 26.2 Å². The molecule has 0 radical (unpaired) electrons. The highest BCUT2D eigenvalue weighted by Gasteiger charge is 2.34. The number of thioether (sulfide) groups is 1. The first-order valence-electron chi connectivity index (χ1n) is 13.8. The van der Waals surface area contributed by atoms with Gasteiger partial charge < -0.3 is 15.0 Å². The second kappa shape index (κ2) is 15.7. The van der Waals surface area contributed by atoms with Gasteiger partial charge in [-0.15, -0.1) is 11.8 Å². The molecular formula is C31H37Cl2N3O5S2. The number of nitrogens with zero attached hydrogens (tertiary/aromatic N) is 2. The maximum atomic E-state index is 14.2. The minimum Gasteiger partial charge on any atom is -0.494 e. The molecule has 0 fully saturated rings. The van der Waals surface area contributed by atoms with Crippen molar-refractivity contribution in [1.82, 2.24) is 10.2 Å². The van der Waals surface area contributed by atoms with Gasteiger partial charge in [0.05, 0.1) is 17.2 Å². The zero-order chi connectivity index (χ0) is 31.7. The predicted molar refractivity (Wildman–Crippen MR) is 175 cm³/mol. The summed E-state index contributed by atoms with van der Waals surface area (Å²) in [5.74, 6) is -0.400. The lowest BCUT2D eigenvalue weighted by molar-refractivity contribution is -0.140. The van der Waals surface area contributed by atoms with E-state index in [0.29, 0.717) is 28.0 Å². The molecule has 0 aromatic heterocycles. The Labute approximate surface area is 268 Å². The number of carbonyl (C=O) groups is 2. The molecule has 0 saturated carbocycles. The van der Waals surface area contributed by atoms with Gasteiger partial charge in [0, 0.05) is 33.1 Å². The topological polar surface area (TPSA) is 96.0 Å². The molecule has 0 heterocycles. The van der Waals surface area contributed by atoms with Gasteiger partial charge in [0.15, 0.2) is 0 Å². The van der Waals surface area contributed by atoms with E-state index >= 15 is 0 Å². The minimum atomic E-state index is -4.21. The molecule has 2 amide bonds. The van der Waals surface area contributed by atoms with Gasteiger partial charge in [0.25, 0.3) is 10.0 Å². The lowest BCUT2D eigenvalue weighted by Gasteiger charge is -2.34. The van der Waals surface area contributed by atoms with Crippen LogP contribution < -0.4 is 14.4 Å². The third kappa shape index (κ3) is 8.81. The van der Waals surface area contributed by atoms with E-state index in [0.717, 1.165) is 9.20 Å². The molecule has 232 valence electrons.